The molecule has 0 unspecified atom stereocenters. The van der Waals surface area contributed by atoms with Gasteiger partial charge in [0.2, 0.25) is 0 Å². The molecule has 30 heavy (non-hydrogen) atoms. The average Bonchev–Trinajstić information content (AvgIpc) is 2.87. The van der Waals surface area contributed by atoms with Crippen LogP contribution in [0.1, 0.15) is 51.8 Å². The van der Waals surface area contributed by atoms with E-state index in [0.717, 1.165) is 0 Å². The van der Waals surface area contributed by atoms with Crippen LogP contribution >= 0.6 is 0 Å². The normalized spacial score (nSPS) is 17.2. The molecular formula is C29H30N+. The van der Waals surface area contributed by atoms with Crippen molar-refractivity contribution in [2.45, 2.75) is 46.7 Å². The minimum absolute atomic E-state index is 0.184. The summed E-state index contributed by atoms with van der Waals surface area (Å²) >= 11 is 0. The lowest BCUT2D eigenvalue weighted by atomic mass is 9.85. The first-order valence-corrected chi connectivity index (χ1v) is 11.0. The van der Waals surface area contributed by atoms with Crippen molar-refractivity contribution in [1.82, 2.24) is 0 Å². The summed E-state index contributed by atoms with van der Waals surface area (Å²) in [5.41, 5.74) is 5.67. The molecule has 1 heterocycles. The van der Waals surface area contributed by atoms with E-state index in [0.29, 0.717) is 12.1 Å². The summed E-state index contributed by atoms with van der Waals surface area (Å²) in [7, 11) is 0. The van der Waals surface area contributed by atoms with E-state index in [1.807, 2.05) is 0 Å². The van der Waals surface area contributed by atoms with Gasteiger partial charge >= 0.3 is 0 Å². The maximum Gasteiger partial charge on any atom is 0.176 e. The largest absolute Gasteiger partial charge is 0.226 e. The van der Waals surface area contributed by atoms with E-state index in [1.54, 1.807) is 0 Å². The van der Waals surface area contributed by atoms with Gasteiger partial charge in [0.1, 0.15) is 0 Å². The molecule has 0 amide bonds. The Labute approximate surface area is 179 Å². The Hall–Kier alpha value is -2.93. The highest BCUT2D eigenvalue weighted by atomic mass is 15.1. The van der Waals surface area contributed by atoms with Crippen LogP contribution in [-0.4, -0.2) is 16.8 Å². The van der Waals surface area contributed by atoms with Crippen LogP contribution in [0, 0.1) is 5.41 Å². The summed E-state index contributed by atoms with van der Waals surface area (Å²) in [5.74, 6) is 0. The fraction of sp³-hybridized carbons (Fsp3) is 0.276. The highest BCUT2D eigenvalue weighted by Crippen LogP contribution is 2.44. The van der Waals surface area contributed by atoms with Gasteiger partial charge in [-0.3, -0.25) is 0 Å². The molecule has 0 saturated carbocycles. The van der Waals surface area contributed by atoms with Crippen LogP contribution in [0.15, 0.2) is 72.8 Å². The van der Waals surface area contributed by atoms with Gasteiger partial charge < -0.3 is 0 Å². The van der Waals surface area contributed by atoms with Crippen LogP contribution in [-0.2, 0) is 0 Å². The van der Waals surface area contributed by atoms with Crippen LogP contribution in [0.25, 0.3) is 32.7 Å². The van der Waals surface area contributed by atoms with Gasteiger partial charge in [-0.25, -0.2) is 4.58 Å². The maximum atomic E-state index is 2.58. The quantitative estimate of drug-likeness (QED) is 0.293. The smallest absolute Gasteiger partial charge is 0.176 e. The minimum atomic E-state index is 0.184. The first-order chi connectivity index (χ1) is 14.4. The van der Waals surface area contributed by atoms with Crippen molar-refractivity contribution in [3.8, 4) is 11.1 Å². The standard InChI is InChI=1S/C29H30N/c1-19-24-17-16-22-11-7-9-13-26(22)28(24)27-23(18-30(19)20(2)29(3,4)5)15-14-21-10-6-8-12-25(21)27/h6-20H,1-5H3/q+1/t19-,20+/m1/s1. The molecule has 0 aliphatic carbocycles. The fourth-order valence-electron chi connectivity index (χ4n) is 4.92. The van der Waals surface area contributed by atoms with Crippen LogP contribution in [0.4, 0.5) is 0 Å². The van der Waals surface area contributed by atoms with E-state index in [1.165, 1.54) is 43.8 Å². The molecule has 4 aromatic carbocycles. The van der Waals surface area contributed by atoms with Crippen LogP contribution in [0.3, 0.4) is 0 Å². The maximum absolute atomic E-state index is 2.58. The van der Waals surface area contributed by atoms with Crippen molar-refractivity contribution in [2.75, 3.05) is 0 Å². The molecule has 0 spiro atoms. The Morgan fingerprint density at radius 1 is 0.733 bits per heavy atom. The Kier molecular flexibility index (Phi) is 4.32. The van der Waals surface area contributed by atoms with Gasteiger partial charge in [0, 0.05) is 34.6 Å². The summed E-state index contributed by atoms with van der Waals surface area (Å²) in [6, 6.07) is 27.6. The molecule has 2 atom stereocenters. The van der Waals surface area contributed by atoms with Crippen molar-refractivity contribution in [3.05, 3.63) is 83.9 Å². The fourth-order valence-corrected chi connectivity index (χ4v) is 4.92. The third-order valence-electron chi connectivity index (χ3n) is 7.06. The molecule has 0 fully saturated rings. The van der Waals surface area contributed by atoms with E-state index < -0.39 is 0 Å². The molecule has 5 rings (SSSR count). The molecule has 0 saturated heterocycles. The second-order valence-electron chi connectivity index (χ2n) is 9.80. The molecule has 1 nitrogen and oxygen atoms in total. The number of rotatable bonds is 1. The SMILES string of the molecule is C[C@@H]1c2ccc3ccccc3c2-c2c(ccc3ccccc23)C=[N+]1[C@@H](C)C(C)(C)C. The minimum Gasteiger partial charge on any atom is -0.226 e. The molecule has 150 valence electrons. The number of benzene rings is 4. The van der Waals surface area contributed by atoms with Gasteiger partial charge in [-0.2, -0.15) is 0 Å². The van der Waals surface area contributed by atoms with E-state index in [-0.39, 0.29) is 5.41 Å². The van der Waals surface area contributed by atoms with E-state index in [9.17, 15) is 0 Å². The predicted molar refractivity (Wildman–Crippen MR) is 130 cm³/mol. The Morgan fingerprint density at radius 2 is 1.30 bits per heavy atom. The number of hydrogen-bond donors (Lipinski definition) is 0. The molecular weight excluding hydrogens is 362 g/mol. The van der Waals surface area contributed by atoms with Crippen molar-refractivity contribution in [3.63, 3.8) is 0 Å². The number of nitrogens with zero attached hydrogens (tertiary/aromatic N) is 1. The Bertz CT molecular complexity index is 1300. The van der Waals surface area contributed by atoms with Crippen molar-refractivity contribution < 1.29 is 4.58 Å². The van der Waals surface area contributed by atoms with E-state index in [4.69, 9.17) is 0 Å². The van der Waals surface area contributed by atoms with Gasteiger partial charge in [-0.05, 0) is 34.5 Å². The lowest BCUT2D eigenvalue weighted by molar-refractivity contribution is -0.609. The molecule has 0 aromatic heterocycles. The lowest BCUT2D eigenvalue weighted by Crippen LogP contribution is -2.37. The summed E-state index contributed by atoms with van der Waals surface area (Å²) in [6.45, 7) is 11.7. The topological polar surface area (TPSA) is 3.01 Å². The second-order valence-corrected chi connectivity index (χ2v) is 9.80. The Balaban J connectivity index is 1.95. The van der Waals surface area contributed by atoms with Gasteiger partial charge in [0.15, 0.2) is 18.3 Å². The van der Waals surface area contributed by atoms with Gasteiger partial charge in [-0.15, -0.1) is 0 Å². The van der Waals surface area contributed by atoms with E-state index >= 15 is 0 Å². The molecule has 1 aliphatic heterocycles. The molecule has 1 aliphatic rings. The zero-order chi connectivity index (χ0) is 21.0. The molecule has 4 aromatic rings. The van der Waals surface area contributed by atoms with Crippen LogP contribution < -0.4 is 0 Å². The molecule has 0 N–H and O–H groups in total. The zero-order valence-corrected chi connectivity index (χ0v) is 18.6. The molecule has 0 radical (unpaired) electrons. The molecule has 1 heteroatoms. The van der Waals surface area contributed by atoms with Crippen molar-refractivity contribution >= 4 is 27.8 Å². The number of fused-ring (bicyclic) bond motifs is 7. The Morgan fingerprint density at radius 3 is 1.93 bits per heavy atom. The summed E-state index contributed by atoms with van der Waals surface area (Å²) < 4.78 is 2.58. The highest BCUT2D eigenvalue weighted by molar-refractivity contribution is 6.12. The van der Waals surface area contributed by atoms with Gasteiger partial charge in [0.25, 0.3) is 0 Å². The predicted octanol–water partition coefficient (Wildman–Crippen LogP) is 7.60. The third-order valence-corrected chi connectivity index (χ3v) is 7.06. The first-order valence-electron chi connectivity index (χ1n) is 11.0. The van der Waals surface area contributed by atoms with Gasteiger partial charge in [0.05, 0.1) is 0 Å². The molecule has 0 bridgehead atoms. The van der Waals surface area contributed by atoms with E-state index in [2.05, 4.69) is 118 Å². The first kappa shape index (κ1) is 19.1. The number of hydrogen-bond acceptors (Lipinski definition) is 0. The monoisotopic (exact) mass is 392 g/mol. The lowest BCUT2D eigenvalue weighted by Gasteiger charge is -2.28. The second kappa shape index (κ2) is 6.80. The van der Waals surface area contributed by atoms with Gasteiger partial charge in [-0.1, -0.05) is 87.5 Å². The highest BCUT2D eigenvalue weighted by Gasteiger charge is 2.37. The van der Waals surface area contributed by atoms with Crippen molar-refractivity contribution in [1.29, 1.82) is 0 Å². The average molecular weight is 393 g/mol. The summed E-state index contributed by atoms with van der Waals surface area (Å²) in [5, 5.41) is 5.28. The third kappa shape index (κ3) is 2.88. The zero-order valence-electron chi connectivity index (χ0n) is 18.6. The van der Waals surface area contributed by atoms with Crippen LogP contribution in [0.2, 0.25) is 0 Å². The summed E-state index contributed by atoms with van der Waals surface area (Å²) in [4.78, 5) is 0. The van der Waals surface area contributed by atoms with Crippen LogP contribution in [0.5, 0.6) is 0 Å². The summed E-state index contributed by atoms with van der Waals surface area (Å²) in [6.07, 6.45) is 2.41. The van der Waals surface area contributed by atoms with Crippen molar-refractivity contribution in [2.24, 2.45) is 5.41 Å².